The first-order valence-electron chi connectivity index (χ1n) is 7.26. The van der Waals surface area contributed by atoms with E-state index in [1.807, 2.05) is 0 Å². The topological polar surface area (TPSA) is 133 Å². The maximum absolute atomic E-state index is 12.2. The van der Waals surface area contributed by atoms with Gasteiger partial charge < -0.3 is 15.8 Å². The molecule has 0 saturated heterocycles. The summed E-state index contributed by atoms with van der Waals surface area (Å²) in [5, 5.41) is 6.94. The normalized spacial score (nSPS) is 11.2. The first-order valence-corrected chi connectivity index (χ1v) is 10.4. The number of nitrogens with zero attached hydrogens (tertiary/aromatic N) is 2. The van der Waals surface area contributed by atoms with E-state index >= 15 is 0 Å². The van der Waals surface area contributed by atoms with Crippen LogP contribution in [-0.4, -0.2) is 49.7 Å². The fraction of sp³-hybridized carbons (Fsp3) is 0.267. The van der Waals surface area contributed by atoms with E-state index in [0.717, 1.165) is 22.7 Å². The number of nitrogens with one attached hydrogen (secondary N) is 1. The maximum Gasteiger partial charge on any atom is 0.337 e. The molecule has 0 fully saturated rings. The maximum atomic E-state index is 12.2. The van der Waals surface area contributed by atoms with Gasteiger partial charge in [0.2, 0.25) is 5.91 Å². The number of amides is 1. The second-order valence-electron chi connectivity index (χ2n) is 5.27. The van der Waals surface area contributed by atoms with E-state index in [1.165, 1.54) is 19.2 Å². The molecule has 0 bridgehead atoms. The van der Waals surface area contributed by atoms with Crippen LogP contribution in [0, 0.1) is 0 Å². The van der Waals surface area contributed by atoms with Gasteiger partial charge in [0.1, 0.15) is 22.3 Å². The van der Waals surface area contributed by atoms with Crippen molar-refractivity contribution >= 4 is 45.0 Å². The molecule has 1 heterocycles. The molecule has 3 N–H and O–H groups in total. The van der Waals surface area contributed by atoms with Gasteiger partial charge in [-0.15, -0.1) is 11.8 Å². The summed E-state index contributed by atoms with van der Waals surface area (Å²) in [6, 6.07) is 6.12. The lowest BCUT2D eigenvalue weighted by Gasteiger charge is -2.07. The number of sulfone groups is 1. The predicted octanol–water partition coefficient (Wildman–Crippen LogP) is 1.02. The smallest absolute Gasteiger partial charge is 0.337 e. The Morgan fingerprint density at radius 3 is 2.38 bits per heavy atom. The number of nitrogen functional groups attached to an aromatic ring is 1. The van der Waals surface area contributed by atoms with Crippen molar-refractivity contribution in [3.8, 4) is 0 Å². The number of nitrogens with two attached hydrogens (primary N) is 1. The van der Waals surface area contributed by atoms with Crippen LogP contribution in [0.2, 0.25) is 0 Å². The Labute approximate surface area is 154 Å². The van der Waals surface area contributed by atoms with Gasteiger partial charge in [0.25, 0.3) is 0 Å². The molecule has 0 spiro atoms. The van der Waals surface area contributed by atoms with E-state index in [-0.39, 0.29) is 22.3 Å². The zero-order valence-corrected chi connectivity index (χ0v) is 16.0. The summed E-state index contributed by atoms with van der Waals surface area (Å²) in [6.07, 6.45) is 2.71. The molecule has 26 heavy (non-hydrogen) atoms. The van der Waals surface area contributed by atoms with Crippen LogP contribution in [0.5, 0.6) is 0 Å². The lowest BCUT2D eigenvalue weighted by molar-refractivity contribution is -0.116. The summed E-state index contributed by atoms with van der Waals surface area (Å²) in [7, 11) is -2.29. The van der Waals surface area contributed by atoms with E-state index in [0.29, 0.717) is 11.3 Å². The number of benzene rings is 1. The Bertz CT molecular complexity index is 936. The quantitative estimate of drug-likeness (QED) is 0.544. The molecule has 11 heteroatoms. The summed E-state index contributed by atoms with van der Waals surface area (Å²) < 4.78 is 29.4. The third-order valence-corrected chi connectivity index (χ3v) is 5.31. The number of hydrogen-bond donors (Lipinski definition) is 2. The number of esters is 1. The zero-order valence-electron chi connectivity index (χ0n) is 14.3. The van der Waals surface area contributed by atoms with Crippen molar-refractivity contribution in [2.75, 3.05) is 30.7 Å². The highest BCUT2D eigenvalue weighted by Crippen LogP contribution is 2.29. The number of hydrogen-bond acceptors (Lipinski definition) is 8. The zero-order chi connectivity index (χ0) is 19.5. The highest BCUT2D eigenvalue weighted by molar-refractivity contribution is 7.99. The lowest BCUT2D eigenvalue weighted by Crippen LogP contribution is -2.21. The van der Waals surface area contributed by atoms with Crippen molar-refractivity contribution in [3.05, 3.63) is 29.8 Å². The molecule has 0 aliphatic heterocycles. The minimum Gasteiger partial charge on any atom is -0.465 e. The fourth-order valence-electron chi connectivity index (χ4n) is 2.18. The average Bonchev–Trinajstić information content (AvgIpc) is 2.90. The van der Waals surface area contributed by atoms with Crippen molar-refractivity contribution in [3.63, 3.8) is 0 Å². The first kappa shape index (κ1) is 19.8. The molecule has 0 aliphatic rings. The number of anilines is 2. The van der Waals surface area contributed by atoms with Crippen molar-refractivity contribution in [2.45, 2.75) is 16.5 Å². The van der Waals surface area contributed by atoms with E-state index in [2.05, 4.69) is 15.2 Å². The average molecular weight is 398 g/mol. The van der Waals surface area contributed by atoms with Crippen LogP contribution in [0.15, 0.2) is 34.2 Å². The molecule has 9 nitrogen and oxygen atoms in total. The molecular weight excluding hydrogens is 380 g/mol. The number of carbonyl (C=O) groups excluding carboxylic acids is 2. The standard InChI is InChI=1S/C15H18N4O5S2/c1-24-15(21)9-4-6-10(7-5-9)17-11(20)8-19-13(16)12(26(3,22)23)14(18-19)25-2/h4-7H,8,16H2,1-3H3,(H,17,20). The minimum absolute atomic E-state index is 0.0831. The summed E-state index contributed by atoms with van der Waals surface area (Å²) in [5.74, 6) is -1.02. The van der Waals surface area contributed by atoms with Crippen LogP contribution >= 0.6 is 11.8 Å². The summed E-state index contributed by atoms with van der Waals surface area (Å²) >= 11 is 1.13. The number of aromatic nitrogens is 2. The van der Waals surface area contributed by atoms with E-state index in [9.17, 15) is 18.0 Å². The number of carbonyl (C=O) groups is 2. The van der Waals surface area contributed by atoms with E-state index < -0.39 is 21.7 Å². The number of ether oxygens (including phenoxy) is 1. The van der Waals surface area contributed by atoms with Gasteiger partial charge >= 0.3 is 5.97 Å². The van der Waals surface area contributed by atoms with Gasteiger partial charge in [0, 0.05) is 11.9 Å². The van der Waals surface area contributed by atoms with Crippen LogP contribution in [0.25, 0.3) is 0 Å². The van der Waals surface area contributed by atoms with Crippen LogP contribution in [0.3, 0.4) is 0 Å². The summed E-state index contributed by atoms with van der Waals surface area (Å²) in [4.78, 5) is 23.5. The minimum atomic E-state index is -3.57. The SMILES string of the molecule is COC(=O)c1ccc(NC(=O)Cn2nc(SC)c(S(C)(=O)=O)c2N)cc1. The van der Waals surface area contributed by atoms with Gasteiger partial charge in [-0.25, -0.2) is 17.9 Å². The van der Waals surface area contributed by atoms with Crippen molar-refractivity contribution in [2.24, 2.45) is 0 Å². The Morgan fingerprint density at radius 2 is 1.92 bits per heavy atom. The summed E-state index contributed by atoms with van der Waals surface area (Å²) in [6.45, 7) is -0.256. The second-order valence-corrected chi connectivity index (χ2v) is 8.02. The molecule has 2 rings (SSSR count). The van der Waals surface area contributed by atoms with Crippen LogP contribution in [0.1, 0.15) is 10.4 Å². The molecular formula is C15H18N4O5S2. The Hall–Kier alpha value is -2.53. The number of thioether (sulfide) groups is 1. The monoisotopic (exact) mass is 398 g/mol. The van der Waals surface area contributed by atoms with E-state index in [1.54, 1.807) is 18.4 Å². The van der Waals surface area contributed by atoms with Gasteiger partial charge in [-0.2, -0.15) is 5.10 Å². The summed E-state index contributed by atoms with van der Waals surface area (Å²) in [5.41, 5.74) is 6.66. The highest BCUT2D eigenvalue weighted by Gasteiger charge is 2.24. The largest absolute Gasteiger partial charge is 0.465 e. The highest BCUT2D eigenvalue weighted by atomic mass is 32.2. The van der Waals surface area contributed by atoms with Gasteiger partial charge in [-0.1, -0.05) is 0 Å². The Kier molecular flexibility index (Phi) is 5.93. The Balaban J connectivity index is 2.16. The van der Waals surface area contributed by atoms with Gasteiger partial charge in [-0.3, -0.25) is 4.79 Å². The van der Waals surface area contributed by atoms with Crippen LogP contribution in [0.4, 0.5) is 11.5 Å². The number of methoxy groups -OCH3 is 1. The molecule has 0 aliphatic carbocycles. The second kappa shape index (κ2) is 7.79. The molecule has 0 unspecified atom stereocenters. The molecule has 140 valence electrons. The molecule has 1 aromatic carbocycles. The lowest BCUT2D eigenvalue weighted by atomic mass is 10.2. The third-order valence-electron chi connectivity index (χ3n) is 3.36. The van der Waals surface area contributed by atoms with Gasteiger partial charge in [0.15, 0.2) is 9.84 Å². The molecule has 0 radical (unpaired) electrons. The van der Waals surface area contributed by atoms with Gasteiger partial charge in [0.05, 0.1) is 12.7 Å². The van der Waals surface area contributed by atoms with Gasteiger partial charge in [-0.05, 0) is 30.5 Å². The van der Waals surface area contributed by atoms with E-state index in [4.69, 9.17) is 5.73 Å². The molecule has 1 aromatic heterocycles. The molecule has 2 aromatic rings. The predicted molar refractivity (Wildman–Crippen MR) is 97.9 cm³/mol. The Morgan fingerprint density at radius 1 is 1.31 bits per heavy atom. The van der Waals surface area contributed by atoms with Crippen molar-refractivity contribution in [1.29, 1.82) is 0 Å². The fourth-order valence-corrected chi connectivity index (χ4v) is 4.20. The van der Waals surface area contributed by atoms with Crippen LogP contribution < -0.4 is 11.1 Å². The third kappa shape index (κ3) is 4.35. The van der Waals surface area contributed by atoms with Crippen molar-refractivity contribution < 1.29 is 22.7 Å². The number of rotatable bonds is 6. The van der Waals surface area contributed by atoms with Crippen molar-refractivity contribution in [1.82, 2.24) is 9.78 Å². The molecule has 0 saturated carbocycles. The first-order chi connectivity index (χ1) is 12.2. The molecule has 0 atom stereocenters. The molecule has 1 amide bonds. The van der Waals surface area contributed by atoms with Crippen LogP contribution in [-0.2, 0) is 25.9 Å².